The van der Waals surface area contributed by atoms with Crippen LogP contribution in [0.25, 0.3) is 0 Å². The van der Waals surface area contributed by atoms with Crippen LogP contribution in [0, 0.1) is 12.8 Å². The monoisotopic (exact) mass is 440 g/mol. The van der Waals surface area contributed by atoms with Crippen molar-refractivity contribution in [3.05, 3.63) is 17.1 Å². The molecular weight excluding hydrogens is 408 g/mol. The van der Waals surface area contributed by atoms with E-state index in [-0.39, 0.29) is 36.7 Å². The average molecular weight is 441 g/mol. The summed E-state index contributed by atoms with van der Waals surface area (Å²) in [7, 11) is 0. The lowest BCUT2D eigenvalue weighted by atomic mass is 9.95. The summed E-state index contributed by atoms with van der Waals surface area (Å²) in [6, 6.07) is 0. The van der Waals surface area contributed by atoms with E-state index in [1.807, 2.05) is 21.6 Å². The standard InChI is InChI=1S/C23H32N6O3/c1-15-18-6-7-20(31)29(11-16-4-5-16)23(18)26-22(25-15)17-3-2-9-28(12-17)21(32)14-27-10-8-24-19(30)13-27/h16-17H,2-14H2,1H3,(H,24,30)/t17-/m1/s1. The molecule has 32 heavy (non-hydrogen) atoms. The molecule has 1 N–H and O–H groups in total. The third-order valence-corrected chi connectivity index (χ3v) is 7.11. The van der Waals surface area contributed by atoms with E-state index in [0.717, 1.165) is 48.8 Å². The Morgan fingerprint density at radius 1 is 1.12 bits per heavy atom. The van der Waals surface area contributed by atoms with E-state index in [0.29, 0.717) is 38.4 Å². The molecule has 0 radical (unpaired) electrons. The summed E-state index contributed by atoms with van der Waals surface area (Å²) in [5.74, 6) is 2.43. The molecule has 0 aromatic carbocycles. The number of carbonyl (C=O) groups is 3. The Balaban J connectivity index is 1.31. The van der Waals surface area contributed by atoms with Gasteiger partial charge in [-0.1, -0.05) is 0 Å². The zero-order valence-corrected chi connectivity index (χ0v) is 18.8. The molecule has 172 valence electrons. The molecule has 1 aliphatic carbocycles. The summed E-state index contributed by atoms with van der Waals surface area (Å²) in [6.45, 7) is 5.94. The maximum absolute atomic E-state index is 12.9. The van der Waals surface area contributed by atoms with E-state index < -0.39 is 0 Å². The summed E-state index contributed by atoms with van der Waals surface area (Å²) in [4.78, 5) is 52.6. The van der Waals surface area contributed by atoms with Crippen molar-refractivity contribution < 1.29 is 14.4 Å². The number of rotatable bonds is 5. The zero-order chi connectivity index (χ0) is 22.2. The van der Waals surface area contributed by atoms with Gasteiger partial charge in [-0.05, 0) is 44.9 Å². The average Bonchev–Trinajstić information content (AvgIpc) is 3.60. The second-order valence-corrected chi connectivity index (χ2v) is 9.66. The van der Waals surface area contributed by atoms with Gasteiger partial charge in [-0.25, -0.2) is 9.97 Å². The topological polar surface area (TPSA) is 98.7 Å². The van der Waals surface area contributed by atoms with Gasteiger partial charge in [0.1, 0.15) is 11.6 Å². The van der Waals surface area contributed by atoms with Crippen LogP contribution >= 0.6 is 0 Å². The van der Waals surface area contributed by atoms with Gasteiger partial charge in [0, 0.05) is 56.3 Å². The van der Waals surface area contributed by atoms with Crippen LogP contribution in [0.4, 0.5) is 5.82 Å². The van der Waals surface area contributed by atoms with Crippen LogP contribution in [0.1, 0.15) is 55.1 Å². The van der Waals surface area contributed by atoms with E-state index in [1.165, 1.54) is 12.8 Å². The molecule has 9 heteroatoms. The predicted molar refractivity (Wildman–Crippen MR) is 118 cm³/mol. The minimum absolute atomic E-state index is 0.0243. The first-order chi connectivity index (χ1) is 15.5. The first-order valence-electron chi connectivity index (χ1n) is 11.9. The second-order valence-electron chi connectivity index (χ2n) is 9.66. The number of nitrogens with one attached hydrogen (secondary N) is 1. The number of fused-ring (bicyclic) bond motifs is 1. The van der Waals surface area contributed by atoms with Crippen molar-refractivity contribution in [2.24, 2.45) is 5.92 Å². The molecule has 2 saturated heterocycles. The van der Waals surface area contributed by atoms with Crippen LogP contribution in [0.5, 0.6) is 0 Å². The zero-order valence-electron chi connectivity index (χ0n) is 18.8. The van der Waals surface area contributed by atoms with E-state index in [9.17, 15) is 14.4 Å². The lowest BCUT2D eigenvalue weighted by Crippen LogP contribution is -2.52. The summed E-state index contributed by atoms with van der Waals surface area (Å²) in [5, 5.41) is 2.80. The minimum Gasteiger partial charge on any atom is -0.354 e. The first kappa shape index (κ1) is 21.3. The molecule has 1 aromatic rings. The number of nitrogens with zero attached hydrogens (tertiary/aromatic N) is 5. The highest BCUT2D eigenvalue weighted by atomic mass is 16.2. The molecule has 1 atom stereocenters. The number of likely N-dealkylation sites (tertiary alicyclic amines) is 1. The molecule has 0 spiro atoms. The highest BCUT2D eigenvalue weighted by Gasteiger charge is 2.35. The molecule has 4 aliphatic rings. The molecule has 0 unspecified atom stereocenters. The number of piperazine rings is 1. The quantitative estimate of drug-likeness (QED) is 0.721. The predicted octanol–water partition coefficient (Wildman–Crippen LogP) is 0.612. The molecule has 0 bridgehead atoms. The Kier molecular flexibility index (Phi) is 5.84. The molecule has 1 saturated carbocycles. The van der Waals surface area contributed by atoms with Gasteiger partial charge in [0.25, 0.3) is 0 Å². The molecule has 9 nitrogen and oxygen atoms in total. The molecule has 1 aromatic heterocycles. The smallest absolute Gasteiger partial charge is 0.236 e. The molecule has 5 rings (SSSR count). The van der Waals surface area contributed by atoms with Gasteiger partial charge in [-0.15, -0.1) is 0 Å². The first-order valence-corrected chi connectivity index (χ1v) is 11.9. The summed E-state index contributed by atoms with van der Waals surface area (Å²) in [5.41, 5.74) is 2.06. The molecule has 3 fully saturated rings. The lowest BCUT2D eigenvalue weighted by Gasteiger charge is -2.35. The number of piperidine rings is 1. The number of carbonyl (C=O) groups excluding carboxylic acids is 3. The van der Waals surface area contributed by atoms with Crippen LogP contribution in [0.2, 0.25) is 0 Å². The van der Waals surface area contributed by atoms with Crippen LogP contribution in [0.15, 0.2) is 0 Å². The van der Waals surface area contributed by atoms with Crippen molar-refractivity contribution in [3.8, 4) is 0 Å². The minimum atomic E-state index is -0.0243. The van der Waals surface area contributed by atoms with Crippen molar-refractivity contribution in [2.45, 2.75) is 51.4 Å². The van der Waals surface area contributed by atoms with Gasteiger partial charge in [-0.3, -0.25) is 24.2 Å². The number of anilines is 1. The Hall–Kier alpha value is -2.55. The number of hydrogen-bond acceptors (Lipinski definition) is 6. The van der Waals surface area contributed by atoms with Gasteiger partial charge in [0.15, 0.2) is 0 Å². The van der Waals surface area contributed by atoms with Crippen molar-refractivity contribution >= 4 is 23.5 Å². The van der Waals surface area contributed by atoms with Crippen LogP contribution < -0.4 is 10.2 Å². The third kappa shape index (κ3) is 4.48. The Morgan fingerprint density at radius 2 is 1.97 bits per heavy atom. The number of amides is 3. The fourth-order valence-corrected chi connectivity index (χ4v) is 5.06. The molecule has 3 amide bonds. The highest BCUT2D eigenvalue weighted by molar-refractivity contribution is 5.95. The fraction of sp³-hybridized carbons (Fsp3) is 0.696. The highest BCUT2D eigenvalue weighted by Crippen LogP contribution is 2.36. The van der Waals surface area contributed by atoms with Crippen molar-refractivity contribution in [3.63, 3.8) is 0 Å². The SMILES string of the molecule is Cc1nc([C@@H]2CCCN(C(=O)CN3CCNC(=O)C3)C2)nc2c1CCC(=O)N2CC1CC1. The van der Waals surface area contributed by atoms with Gasteiger partial charge in [0.2, 0.25) is 17.7 Å². The molecular formula is C23H32N6O3. The largest absolute Gasteiger partial charge is 0.354 e. The van der Waals surface area contributed by atoms with Crippen molar-refractivity contribution in [1.82, 2.24) is 25.1 Å². The van der Waals surface area contributed by atoms with E-state index >= 15 is 0 Å². The maximum Gasteiger partial charge on any atom is 0.236 e. The Labute approximate surface area is 188 Å². The third-order valence-electron chi connectivity index (χ3n) is 7.11. The van der Waals surface area contributed by atoms with Gasteiger partial charge in [0.05, 0.1) is 13.1 Å². The van der Waals surface area contributed by atoms with Crippen LogP contribution in [0.3, 0.4) is 0 Å². The van der Waals surface area contributed by atoms with E-state index in [4.69, 9.17) is 9.97 Å². The Morgan fingerprint density at radius 3 is 2.75 bits per heavy atom. The van der Waals surface area contributed by atoms with Gasteiger partial charge < -0.3 is 10.2 Å². The van der Waals surface area contributed by atoms with Crippen LogP contribution in [-0.4, -0.2) is 83.3 Å². The molecule has 3 aliphatic heterocycles. The molecule has 4 heterocycles. The second kappa shape index (κ2) is 8.77. The summed E-state index contributed by atoms with van der Waals surface area (Å²) >= 11 is 0. The van der Waals surface area contributed by atoms with E-state index in [1.54, 1.807) is 0 Å². The van der Waals surface area contributed by atoms with E-state index in [2.05, 4.69) is 5.32 Å². The van der Waals surface area contributed by atoms with Crippen LogP contribution in [-0.2, 0) is 20.8 Å². The van der Waals surface area contributed by atoms with Crippen molar-refractivity contribution in [1.29, 1.82) is 0 Å². The summed E-state index contributed by atoms with van der Waals surface area (Å²) < 4.78 is 0. The maximum atomic E-state index is 12.9. The number of aryl methyl sites for hydroxylation is 1. The number of hydrogen-bond donors (Lipinski definition) is 1. The van der Waals surface area contributed by atoms with Gasteiger partial charge >= 0.3 is 0 Å². The fourth-order valence-electron chi connectivity index (χ4n) is 5.06. The van der Waals surface area contributed by atoms with Gasteiger partial charge in [-0.2, -0.15) is 0 Å². The number of aromatic nitrogens is 2. The normalized spacial score (nSPS) is 24.3. The Bertz CT molecular complexity index is 931. The van der Waals surface area contributed by atoms with Crippen molar-refractivity contribution in [2.75, 3.05) is 50.7 Å². The summed E-state index contributed by atoms with van der Waals surface area (Å²) in [6.07, 6.45) is 5.46. The lowest BCUT2D eigenvalue weighted by molar-refractivity contribution is -0.135.